The number of hydrogen-bond acceptors (Lipinski definition) is 3. The highest BCUT2D eigenvalue weighted by Crippen LogP contribution is 2.20. The second kappa shape index (κ2) is 9.34. The van der Waals surface area contributed by atoms with Crippen LogP contribution in [0.4, 0.5) is 0 Å². The normalized spacial score (nSPS) is 20.9. The molecule has 2 atom stereocenters. The van der Waals surface area contributed by atoms with Crippen molar-refractivity contribution in [3.05, 3.63) is 66.0 Å². The highest BCUT2D eigenvalue weighted by molar-refractivity contribution is 5.80. The molecule has 1 aliphatic heterocycles. The number of nitrogens with one attached hydrogen (secondary N) is 2. The van der Waals surface area contributed by atoms with Crippen molar-refractivity contribution >= 4 is 5.96 Å². The topological polar surface area (TPSA) is 52.6 Å². The van der Waals surface area contributed by atoms with Gasteiger partial charge in [-0.15, -0.1) is 0 Å². The van der Waals surface area contributed by atoms with Crippen molar-refractivity contribution in [2.45, 2.75) is 38.4 Å². The fourth-order valence-electron chi connectivity index (χ4n) is 3.50. The number of nitrogens with zero attached hydrogens (tertiary/aromatic N) is 3. The quantitative estimate of drug-likeness (QED) is 0.620. The summed E-state index contributed by atoms with van der Waals surface area (Å²) in [5, 5.41) is 7.00. The highest BCUT2D eigenvalue weighted by Gasteiger charge is 2.29. The lowest BCUT2D eigenvalue weighted by atomic mass is 10.2. The van der Waals surface area contributed by atoms with Gasteiger partial charge in [-0.3, -0.25) is 14.9 Å². The van der Waals surface area contributed by atoms with E-state index < -0.39 is 0 Å². The minimum Gasteiger partial charge on any atom is -0.356 e. The maximum atomic E-state index is 4.38. The predicted octanol–water partition coefficient (Wildman–Crippen LogP) is 2.45. The van der Waals surface area contributed by atoms with Gasteiger partial charge in [-0.05, 0) is 37.0 Å². The van der Waals surface area contributed by atoms with Crippen LogP contribution in [0.15, 0.2) is 59.9 Å². The predicted molar refractivity (Wildman–Crippen MR) is 107 cm³/mol. The molecule has 1 aliphatic rings. The number of guanidine groups is 1. The summed E-state index contributed by atoms with van der Waals surface area (Å²) in [6, 6.07) is 15.8. The molecule has 138 valence electrons. The van der Waals surface area contributed by atoms with Gasteiger partial charge in [-0.2, -0.15) is 0 Å². The van der Waals surface area contributed by atoms with Crippen molar-refractivity contribution in [3.8, 4) is 0 Å². The number of hydrogen-bond donors (Lipinski definition) is 2. The highest BCUT2D eigenvalue weighted by atomic mass is 15.3. The van der Waals surface area contributed by atoms with Gasteiger partial charge in [0.2, 0.25) is 0 Å². The van der Waals surface area contributed by atoms with Gasteiger partial charge in [0.15, 0.2) is 5.96 Å². The number of pyridine rings is 1. The zero-order chi connectivity index (χ0) is 18.2. The van der Waals surface area contributed by atoms with E-state index in [-0.39, 0.29) is 0 Å². The summed E-state index contributed by atoms with van der Waals surface area (Å²) in [4.78, 5) is 11.1. The van der Waals surface area contributed by atoms with Crippen molar-refractivity contribution in [2.75, 3.05) is 20.1 Å². The Labute approximate surface area is 156 Å². The third-order valence-electron chi connectivity index (χ3n) is 4.93. The van der Waals surface area contributed by atoms with Crippen LogP contribution < -0.4 is 10.6 Å². The van der Waals surface area contributed by atoms with Crippen molar-refractivity contribution < 1.29 is 0 Å². The molecular weight excluding hydrogens is 322 g/mol. The Morgan fingerprint density at radius 3 is 2.73 bits per heavy atom. The summed E-state index contributed by atoms with van der Waals surface area (Å²) >= 11 is 0. The maximum absolute atomic E-state index is 4.38. The number of aromatic nitrogens is 1. The Morgan fingerprint density at radius 2 is 2.00 bits per heavy atom. The van der Waals surface area contributed by atoms with E-state index in [0.717, 1.165) is 38.4 Å². The molecule has 5 nitrogen and oxygen atoms in total. The first kappa shape index (κ1) is 18.4. The molecule has 0 bridgehead atoms. The van der Waals surface area contributed by atoms with Crippen LogP contribution in [0.2, 0.25) is 0 Å². The van der Waals surface area contributed by atoms with Crippen LogP contribution in [0.5, 0.6) is 0 Å². The molecule has 1 fully saturated rings. The van der Waals surface area contributed by atoms with Crippen molar-refractivity contribution in [2.24, 2.45) is 4.99 Å². The van der Waals surface area contributed by atoms with Gasteiger partial charge in [-0.25, -0.2) is 0 Å². The maximum Gasteiger partial charge on any atom is 0.191 e. The van der Waals surface area contributed by atoms with Gasteiger partial charge >= 0.3 is 0 Å². The summed E-state index contributed by atoms with van der Waals surface area (Å²) in [6.45, 7) is 5.21. The zero-order valence-corrected chi connectivity index (χ0v) is 15.7. The molecule has 1 aromatic carbocycles. The molecule has 2 unspecified atom stereocenters. The standard InChI is InChI=1S/C21H29N5/c1-17-13-20(16-26(17)15-19-7-4-3-5-8-19)25-21(22-2)24-12-10-18-9-6-11-23-14-18/h3-9,11,14,17,20H,10,12-13,15-16H2,1-2H3,(H2,22,24,25). The second-order valence-corrected chi connectivity index (χ2v) is 6.95. The molecule has 26 heavy (non-hydrogen) atoms. The van der Waals surface area contributed by atoms with Crippen LogP contribution in [-0.2, 0) is 13.0 Å². The smallest absolute Gasteiger partial charge is 0.191 e. The van der Waals surface area contributed by atoms with Crippen LogP contribution in [0.25, 0.3) is 0 Å². The minimum absolute atomic E-state index is 0.429. The Morgan fingerprint density at radius 1 is 1.19 bits per heavy atom. The van der Waals surface area contributed by atoms with Gasteiger partial charge in [0, 0.05) is 51.2 Å². The Kier molecular flexibility index (Phi) is 6.61. The summed E-state index contributed by atoms with van der Waals surface area (Å²) in [6.07, 6.45) is 5.80. The fourth-order valence-corrected chi connectivity index (χ4v) is 3.50. The van der Waals surface area contributed by atoms with E-state index >= 15 is 0 Å². The zero-order valence-electron chi connectivity index (χ0n) is 15.7. The lowest BCUT2D eigenvalue weighted by molar-refractivity contribution is 0.258. The Bertz CT molecular complexity index is 686. The largest absolute Gasteiger partial charge is 0.356 e. The molecule has 2 aromatic rings. The van der Waals surface area contributed by atoms with E-state index in [1.807, 2.05) is 19.3 Å². The molecule has 3 rings (SSSR count). The van der Waals surface area contributed by atoms with Gasteiger partial charge in [0.25, 0.3) is 0 Å². The summed E-state index contributed by atoms with van der Waals surface area (Å²) in [7, 11) is 1.83. The number of benzene rings is 1. The molecule has 1 saturated heterocycles. The molecule has 0 amide bonds. The molecule has 0 aliphatic carbocycles. The number of aliphatic imine (C=N–C) groups is 1. The summed E-state index contributed by atoms with van der Waals surface area (Å²) < 4.78 is 0. The van der Waals surface area contributed by atoms with Crippen molar-refractivity contribution in [1.29, 1.82) is 0 Å². The molecule has 5 heteroatoms. The van der Waals surface area contributed by atoms with Crippen LogP contribution in [-0.4, -0.2) is 48.1 Å². The third-order valence-corrected chi connectivity index (χ3v) is 4.93. The average molecular weight is 351 g/mol. The van der Waals surface area contributed by atoms with Crippen LogP contribution in [0, 0.1) is 0 Å². The van der Waals surface area contributed by atoms with Gasteiger partial charge in [0.1, 0.15) is 0 Å². The van der Waals surface area contributed by atoms with E-state index in [0.29, 0.717) is 12.1 Å². The summed E-state index contributed by atoms with van der Waals surface area (Å²) in [5.74, 6) is 0.882. The van der Waals surface area contributed by atoms with Gasteiger partial charge < -0.3 is 10.6 Å². The first-order valence-corrected chi connectivity index (χ1v) is 9.38. The molecular formula is C21H29N5. The van der Waals surface area contributed by atoms with E-state index in [2.05, 4.69) is 68.8 Å². The monoisotopic (exact) mass is 351 g/mol. The second-order valence-electron chi connectivity index (χ2n) is 6.95. The van der Waals surface area contributed by atoms with E-state index in [1.165, 1.54) is 11.1 Å². The average Bonchev–Trinajstić information content (AvgIpc) is 3.01. The van der Waals surface area contributed by atoms with Gasteiger partial charge in [-0.1, -0.05) is 36.4 Å². The molecule has 2 heterocycles. The van der Waals surface area contributed by atoms with Crippen LogP contribution in [0.3, 0.4) is 0 Å². The Hall–Kier alpha value is -2.40. The molecule has 0 spiro atoms. The Balaban J connectivity index is 1.45. The van der Waals surface area contributed by atoms with E-state index in [1.54, 1.807) is 6.20 Å². The third kappa shape index (κ3) is 5.30. The van der Waals surface area contributed by atoms with Gasteiger partial charge in [0.05, 0.1) is 0 Å². The van der Waals surface area contributed by atoms with Crippen LogP contribution >= 0.6 is 0 Å². The van der Waals surface area contributed by atoms with Crippen molar-refractivity contribution in [3.63, 3.8) is 0 Å². The SMILES string of the molecule is CN=C(NCCc1cccnc1)NC1CC(C)N(Cc2ccccc2)C1. The summed E-state index contributed by atoms with van der Waals surface area (Å²) in [5.41, 5.74) is 2.61. The fraction of sp³-hybridized carbons (Fsp3) is 0.429. The first-order chi connectivity index (χ1) is 12.7. The molecule has 0 saturated carbocycles. The molecule has 0 radical (unpaired) electrons. The van der Waals surface area contributed by atoms with Crippen LogP contribution in [0.1, 0.15) is 24.5 Å². The van der Waals surface area contributed by atoms with E-state index in [9.17, 15) is 0 Å². The first-order valence-electron chi connectivity index (χ1n) is 9.38. The minimum atomic E-state index is 0.429. The van der Waals surface area contributed by atoms with Crippen molar-refractivity contribution in [1.82, 2.24) is 20.5 Å². The number of rotatable bonds is 6. The molecule has 1 aromatic heterocycles. The lowest BCUT2D eigenvalue weighted by Gasteiger charge is -2.21. The lowest BCUT2D eigenvalue weighted by Crippen LogP contribution is -2.45. The molecule has 2 N–H and O–H groups in total. The van der Waals surface area contributed by atoms with E-state index in [4.69, 9.17) is 0 Å². The number of likely N-dealkylation sites (tertiary alicyclic amines) is 1.